The smallest absolute Gasteiger partial charge is 0.319 e. The van der Waals surface area contributed by atoms with Gasteiger partial charge in [0.25, 0.3) is 0 Å². The van der Waals surface area contributed by atoms with Crippen LogP contribution in [0.2, 0.25) is 5.02 Å². The van der Waals surface area contributed by atoms with Gasteiger partial charge in [0.05, 0.1) is 26.2 Å². The summed E-state index contributed by atoms with van der Waals surface area (Å²) < 4.78 is 10.3. The number of benzene rings is 2. The molecule has 2 atom stereocenters. The summed E-state index contributed by atoms with van der Waals surface area (Å²) in [4.78, 5) is 27.0. The standard InChI is InChI=1S/C23H28ClN3O4/c1-30-14-12-22(28)27-13-11-20(16-3-9-19(31-2)10-4-16)21(15-27)26-23(29)25-18-7-5-17(24)6-8-18/h3-10,20-21H,11-15H2,1-2H3,(H2,25,26,29)/t20?,21-/m1/s1. The molecule has 0 radical (unpaired) electrons. The van der Waals surface area contributed by atoms with Gasteiger partial charge in [0.1, 0.15) is 5.75 Å². The Balaban J connectivity index is 1.73. The Bertz CT molecular complexity index is 873. The molecule has 166 valence electrons. The first-order valence-corrected chi connectivity index (χ1v) is 10.6. The molecule has 3 rings (SSSR count). The monoisotopic (exact) mass is 445 g/mol. The Morgan fingerprint density at radius 3 is 2.45 bits per heavy atom. The maximum absolute atomic E-state index is 12.7. The van der Waals surface area contributed by atoms with Crippen LogP contribution in [0.1, 0.15) is 24.3 Å². The van der Waals surface area contributed by atoms with Crippen LogP contribution in [0.15, 0.2) is 48.5 Å². The third-order valence-electron chi connectivity index (χ3n) is 5.45. The molecule has 31 heavy (non-hydrogen) atoms. The van der Waals surface area contributed by atoms with E-state index in [-0.39, 0.29) is 23.9 Å². The number of rotatable bonds is 7. The van der Waals surface area contributed by atoms with E-state index in [2.05, 4.69) is 10.6 Å². The summed E-state index contributed by atoms with van der Waals surface area (Å²) in [5.41, 5.74) is 1.74. The number of ether oxygens (including phenoxy) is 2. The molecule has 1 aliphatic heterocycles. The van der Waals surface area contributed by atoms with Crippen molar-refractivity contribution in [1.82, 2.24) is 10.2 Å². The molecule has 0 spiro atoms. The minimum absolute atomic E-state index is 0.0277. The van der Waals surface area contributed by atoms with Crippen molar-refractivity contribution in [3.63, 3.8) is 0 Å². The molecule has 8 heteroatoms. The molecular formula is C23H28ClN3O4. The number of methoxy groups -OCH3 is 2. The number of halogens is 1. The van der Waals surface area contributed by atoms with Gasteiger partial charge in [0.15, 0.2) is 0 Å². The third kappa shape index (κ3) is 6.35. The van der Waals surface area contributed by atoms with E-state index in [4.69, 9.17) is 21.1 Å². The van der Waals surface area contributed by atoms with E-state index in [1.54, 1.807) is 43.4 Å². The molecule has 2 aromatic carbocycles. The molecule has 0 saturated carbocycles. The lowest BCUT2D eigenvalue weighted by atomic mass is 9.85. The molecule has 0 aliphatic carbocycles. The van der Waals surface area contributed by atoms with Gasteiger partial charge in [-0.05, 0) is 48.4 Å². The maximum Gasteiger partial charge on any atom is 0.319 e. The molecule has 0 bridgehead atoms. The van der Waals surface area contributed by atoms with Gasteiger partial charge < -0.3 is 25.0 Å². The molecule has 1 aliphatic rings. The molecule has 1 saturated heterocycles. The number of hydrogen-bond acceptors (Lipinski definition) is 4. The lowest BCUT2D eigenvalue weighted by Crippen LogP contribution is -2.54. The van der Waals surface area contributed by atoms with Crippen LogP contribution in [-0.4, -0.2) is 56.8 Å². The van der Waals surface area contributed by atoms with E-state index in [9.17, 15) is 9.59 Å². The summed E-state index contributed by atoms with van der Waals surface area (Å²) in [5, 5.41) is 6.49. The average Bonchev–Trinajstić information content (AvgIpc) is 2.79. The van der Waals surface area contributed by atoms with E-state index < -0.39 is 0 Å². The predicted molar refractivity (Wildman–Crippen MR) is 121 cm³/mol. The number of nitrogens with zero attached hydrogens (tertiary/aromatic N) is 1. The molecule has 3 amide bonds. The SMILES string of the molecule is COCCC(=O)N1CCC(c2ccc(OC)cc2)[C@H](NC(=O)Nc2ccc(Cl)cc2)C1. The number of hydrogen-bond donors (Lipinski definition) is 2. The van der Waals surface area contributed by atoms with E-state index in [1.807, 2.05) is 24.3 Å². The minimum atomic E-state index is -0.322. The Morgan fingerprint density at radius 1 is 1.10 bits per heavy atom. The van der Waals surface area contributed by atoms with Gasteiger partial charge in [-0.15, -0.1) is 0 Å². The quantitative estimate of drug-likeness (QED) is 0.677. The molecule has 7 nitrogen and oxygen atoms in total. The van der Waals surface area contributed by atoms with Crippen molar-refractivity contribution in [3.8, 4) is 5.75 Å². The first-order valence-electron chi connectivity index (χ1n) is 10.2. The topological polar surface area (TPSA) is 79.9 Å². The van der Waals surface area contributed by atoms with Crippen LogP contribution in [0.4, 0.5) is 10.5 Å². The summed E-state index contributed by atoms with van der Waals surface area (Å²) in [7, 11) is 3.21. The van der Waals surface area contributed by atoms with Gasteiger partial charge >= 0.3 is 6.03 Å². The molecule has 1 heterocycles. The van der Waals surface area contributed by atoms with Crippen LogP contribution in [0.3, 0.4) is 0 Å². The van der Waals surface area contributed by atoms with E-state index >= 15 is 0 Å². The van der Waals surface area contributed by atoms with Crippen molar-refractivity contribution >= 4 is 29.2 Å². The number of urea groups is 1. The second kappa shape index (κ2) is 11.0. The highest BCUT2D eigenvalue weighted by molar-refractivity contribution is 6.30. The number of carbonyl (C=O) groups excluding carboxylic acids is 2. The fourth-order valence-corrected chi connectivity index (χ4v) is 3.92. The number of likely N-dealkylation sites (tertiary alicyclic amines) is 1. The highest BCUT2D eigenvalue weighted by Gasteiger charge is 2.33. The molecule has 1 fully saturated rings. The van der Waals surface area contributed by atoms with E-state index in [1.165, 1.54) is 0 Å². The fourth-order valence-electron chi connectivity index (χ4n) is 3.79. The van der Waals surface area contributed by atoms with Crippen LogP contribution in [0.5, 0.6) is 5.75 Å². The van der Waals surface area contributed by atoms with Gasteiger partial charge in [-0.2, -0.15) is 0 Å². The van der Waals surface area contributed by atoms with Crippen LogP contribution in [0, 0.1) is 0 Å². The second-order valence-electron chi connectivity index (χ2n) is 7.46. The van der Waals surface area contributed by atoms with Gasteiger partial charge in [0, 0.05) is 36.8 Å². The largest absolute Gasteiger partial charge is 0.497 e. The van der Waals surface area contributed by atoms with Crippen molar-refractivity contribution in [2.24, 2.45) is 0 Å². The highest BCUT2D eigenvalue weighted by Crippen LogP contribution is 2.30. The fraction of sp³-hybridized carbons (Fsp3) is 0.391. The van der Waals surface area contributed by atoms with Crippen LogP contribution in [0.25, 0.3) is 0 Å². The molecule has 0 aromatic heterocycles. The summed E-state index contributed by atoms with van der Waals surface area (Å²) in [6.07, 6.45) is 1.07. The lowest BCUT2D eigenvalue weighted by molar-refractivity contribution is -0.133. The van der Waals surface area contributed by atoms with E-state index in [0.717, 1.165) is 17.7 Å². The Morgan fingerprint density at radius 2 is 1.81 bits per heavy atom. The number of piperidine rings is 1. The van der Waals surface area contributed by atoms with Gasteiger partial charge in [-0.1, -0.05) is 23.7 Å². The second-order valence-corrected chi connectivity index (χ2v) is 7.90. The number of amides is 3. The highest BCUT2D eigenvalue weighted by atomic mass is 35.5. The Kier molecular flexibility index (Phi) is 8.14. The molecular weight excluding hydrogens is 418 g/mol. The molecule has 1 unspecified atom stereocenters. The van der Waals surface area contributed by atoms with Crippen molar-refractivity contribution in [1.29, 1.82) is 0 Å². The molecule has 2 N–H and O–H groups in total. The average molecular weight is 446 g/mol. The van der Waals surface area contributed by atoms with Crippen molar-refractivity contribution < 1.29 is 19.1 Å². The maximum atomic E-state index is 12.7. The summed E-state index contributed by atoms with van der Waals surface area (Å²) in [6, 6.07) is 14.2. The number of anilines is 1. The Labute approximate surface area is 187 Å². The zero-order chi connectivity index (χ0) is 22.2. The number of nitrogens with one attached hydrogen (secondary N) is 2. The minimum Gasteiger partial charge on any atom is -0.497 e. The predicted octanol–water partition coefficient (Wildman–Crippen LogP) is 3.89. The summed E-state index contributed by atoms with van der Waals surface area (Å²) in [6.45, 7) is 1.45. The van der Waals surface area contributed by atoms with Gasteiger partial charge in [0.2, 0.25) is 5.91 Å². The normalized spacial score (nSPS) is 18.4. The zero-order valence-electron chi connectivity index (χ0n) is 17.8. The summed E-state index contributed by atoms with van der Waals surface area (Å²) in [5.74, 6) is 0.884. The Hall–Kier alpha value is -2.77. The van der Waals surface area contributed by atoms with Crippen LogP contribution in [-0.2, 0) is 9.53 Å². The summed E-state index contributed by atoms with van der Waals surface area (Å²) >= 11 is 5.91. The van der Waals surface area contributed by atoms with Gasteiger partial charge in [-0.3, -0.25) is 4.79 Å². The third-order valence-corrected chi connectivity index (χ3v) is 5.70. The van der Waals surface area contributed by atoms with Gasteiger partial charge in [-0.25, -0.2) is 4.79 Å². The zero-order valence-corrected chi connectivity index (χ0v) is 18.5. The lowest BCUT2D eigenvalue weighted by Gasteiger charge is -2.39. The molecule has 2 aromatic rings. The van der Waals surface area contributed by atoms with Crippen molar-refractivity contribution in [3.05, 3.63) is 59.1 Å². The first-order chi connectivity index (χ1) is 15.0. The van der Waals surface area contributed by atoms with Crippen molar-refractivity contribution in [2.45, 2.75) is 24.8 Å². The number of carbonyl (C=O) groups is 2. The van der Waals surface area contributed by atoms with Crippen LogP contribution >= 0.6 is 11.6 Å². The van der Waals surface area contributed by atoms with Crippen LogP contribution < -0.4 is 15.4 Å². The van der Waals surface area contributed by atoms with Crippen molar-refractivity contribution in [2.75, 3.05) is 39.2 Å². The first kappa shape index (κ1) is 22.9. The van der Waals surface area contributed by atoms with E-state index in [0.29, 0.717) is 36.8 Å².